The zero-order chi connectivity index (χ0) is 19.9. The Hall–Kier alpha value is -3.04. The Bertz CT molecular complexity index is 1060. The van der Waals surface area contributed by atoms with E-state index < -0.39 is 0 Å². The molecule has 0 spiro atoms. The fourth-order valence-electron chi connectivity index (χ4n) is 3.94. The fraction of sp³-hybridized carbons (Fsp3) is 0.231. The van der Waals surface area contributed by atoms with Crippen LogP contribution in [-0.2, 0) is 0 Å². The van der Waals surface area contributed by atoms with Crippen molar-refractivity contribution in [2.75, 3.05) is 42.9 Å². The van der Waals surface area contributed by atoms with Gasteiger partial charge in [0.15, 0.2) is 0 Å². The number of hydrogen-bond donors (Lipinski definition) is 2. The highest BCUT2D eigenvalue weighted by molar-refractivity contribution is 5.94. The van der Waals surface area contributed by atoms with Crippen molar-refractivity contribution >= 4 is 32.9 Å². The van der Waals surface area contributed by atoms with Crippen molar-refractivity contribution in [3.8, 4) is 0 Å². The highest BCUT2D eigenvalue weighted by atomic mass is 15.1. The van der Waals surface area contributed by atoms with Crippen LogP contribution in [0.25, 0.3) is 21.5 Å². The van der Waals surface area contributed by atoms with Gasteiger partial charge in [-0.1, -0.05) is 72.8 Å². The third-order valence-corrected chi connectivity index (χ3v) is 5.45. The maximum absolute atomic E-state index is 3.58. The lowest BCUT2D eigenvalue weighted by atomic mass is 10.1. The molecule has 0 fully saturated rings. The molecule has 148 valence electrons. The van der Waals surface area contributed by atoms with E-state index in [-0.39, 0.29) is 0 Å². The Balaban J connectivity index is 1.28. The van der Waals surface area contributed by atoms with E-state index in [0.29, 0.717) is 0 Å². The highest BCUT2D eigenvalue weighted by Gasteiger charge is 2.07. The summed E-state index contributed by atoms with van der Waals surface area (Å²) in [6.07, 6.45) is 0. The van der Waals surface area contributed by atoms with Gasteiger partial charge in [0, 0.05) is 54.9 Å². The van der Waals surface area contributed by atoms with Crippen LogP contribution in [-0.4, -0.2) is 32.7 Å². The van der Waals surface area contributed by atoms with E-state index in [1.165, 1.54) is 32.9 Å². The monoisotopic (exact) mass is 383 g/mol. The van der Waals surface area contributed by atoms with Gasteiger partial charge < -0.3 is 15.5 Å². The van der Waals surface area contributed by atoms with Crippen LogP contribution in [0.1, 0.15) is 6.92 Å². The Morgan fingerprint density at radius 2 is 1.31 bits per heavy atom. The third-order valence-electron chi connectivity index (χ3n) is 5.45. The summed E-state index contributed by atoms with van der Waals surface area (Å²) in [6, 6.07) is 30.1. The van der Waals surface area contributed by atoms with Crippen LogP contribution in [0.2, 0.25) is 0 Å². The molecule has 4 aromatic rings. The number of benzene rings is 4. The van der Waals surface area contributed by atoms with Crippen LogP contribution < -0.4 is 15.5 Å². The minimum atomic E-state index is 0.911. The van der Waals surface area contributed by atoms with Crippen LogP contribution in [0.4, 0.5) is 11.4 Å². The number of fused-ring (bicyclic) bond motifs is 2. The van der Waals surface area contributed by atoms with E-state index in [4.69, 9.17) is 0 Å². The molecular formula is C26H29N3. The molecule has 3 nitrogen and oxygen atoms in total. The quantitative estimate of drug-likeness (QED) is 0.373. The molecule has 2 N–H and O–H groups in total. The first-order valence-corrected chi connectivity index (χ1v) is 10.5. The van der Waals surface area contributed by atoms with Gasteiger partial charge in [0.2, 0.25) is 0 Å². The Morgan fingerprint density at radius 3 is 2.10 bits per heavy atom. The van der Waals surface area contributed by atoms with E-state index in [1.54, 1.807) is 0 Å². The first-order chi connectivity index (χ1) is 14.4. The van der Waals surface area contributed by atoms with E-state index in [2.05, 4.69) is 107 Å². The molecule has 0 bridgehead atoms. The second kappa shape index (κ2) is 9.44. The van der Waals surface area contributed by atoms with Crippen LogP contribution in [0.15, 0.2) is 84.9 Å². The summed E-state index contributed by atoms with van der Waals surface area (Å²) >= 11 is 0. The molecule has 0 saturated carbocycles. The predicted octanol–water partition coefficient (Wildman–Crippen LogP) is 5.52. The number of likely N-dealkylation sites (N-methyl/N-ethyl adjacent to an activating group) is 1. The van der Waals surface area contributed by atoms with Gasteiger partial charge in [-0.2, -0.15) is 0 Å². The van der Waals surface area contributed by atoms with E-state index in [1.807, 2.05) is 0 Å². The van der Waals surface area contributed by atoms with Gasteiger partial charge in [-0.25, -0.2) is 0 Å². The second-order valence-corrected chi connectivity index (χ2v) is 7.28. The highest BCUT2D eigenvalue weighted by Crippen LogP contribution is 2.26. The molecule has 0 radical (unpaired) electrons. The molecule has 0 unspecified atom stereocenters. The summed E-state index contributed by atoms with van der Waals surface area (Å²) in [6.45, 7) is 7.05. The Kier molecular flexibility index (Phi) is 6.28. The molecule has 3 heteroatoms. The smallest absolute Gasteiger partial charge is 0.0446 e. The average molecular weight is 384 g/mol. The first-order valence-electron chi connectivity index (χ1n) is 10.5. The maximum atomic E-state index is 3.58. The van der Waals surface area contributed by atoms with Crippen molar-refractivity contribution in [2.24, 2.45) is 0 Å². The molecule has 0 atom stereocenters. The van der Waals surface area contributed by atoms with Crippen molar-refractivity contribution < 1.29 is 0 Å². The largest absolute Gasteiger partial charge is 0.383 e. The third kappa shape index (κ3) is 4.52. The minimum absolute atomic E-state index is 0.911. The van der Waals surface area contributed by atoms with Crippen molar-refractivity contribution in [2.45, 2.75) is 6.92 Å². The van der Waals surface area contributed by atoms with Crippen molar-refractivity contribution in [1.82, 2.24) is 5.32 Å². The lowest BCUT2D eigenvalue weighted by molar-refractivity contribution is 0.677. The zero-order valence-corrected chi connectivity index (χ0v) is 17.1. The van der Waals surface area contributed by atoms with Gasteiger partial charge in [0.05, 0.1) is 0 Å². The number of nitrogens with one attached hydrogen (secondary N) is 2. The minimum Gasteiger partial charge on any atom is -0.383 e. The molecule has 0 aliphatic carbocycles. The average Bonchev–Trinajstić information content (AvgIpc) is 2.78. The van der Waals surface area contributed by atoms with Gasteiger partial charge in [-0.3, -0.25) is 0 Å². The van der Waals surface area contributed by atoms with Crippen molar-refractivity contribution in [3.63, 3.8) is 0 Å². The van der Waals surface area contributed by atoms with E-state index in [9.17, 15) is 0 Å². The summed E-state index contributed by atoms with van der Waals surface area (Å²) in [4.78, 5) is 2.45. The molecule has 0 amide bonds. The molecule has 0 saturated heterocycles. The Morgan fingerprint density at radius 1 is 0.655 bits per heavy atom. The fourth-order valence-corrected chi connectivity index (χ4v) is 3.94. The Labute approximate surface area is 173 Å². The van der Waals surface area contributed by atoms with Crippen LogP contribution in [0, 0.1) is 0 Å². The molecule has 0 heterocycles. The van der Waals surface area contributed by atoms with Crippen LogP contribution in [0.3, 0.4) is 0 Å². The number of nitrogens with zero attached hydrogens (tertiary/aromatic N) is 1. The summed E-state index contributed by atoms with van der Waals surface area (Å²) in [7, 11) is 0. The predicted molar refractivity (Wildman–Crippen MR) is 127 cm³/mol. The SMILES string of the molecule is CCN(CCNCCNc1cccc2ccccc12)c1cccc2ccccc12. The van der Waals surface area contributed by atoms with Gasteiger partial charge >= 0.3 is 0 Å². The van der Waals surface area contributed by atoms with E-state index in [0.717, 1.165) is 32.7 Å². The number of hydrogen-bond acceptors (Lipinski definition) is 3. The van der Waals surface area contributed by atoms with Crippen LogP contribution >= 0.6 is 0 Å². The van der Waals surface area contributed by atoms with Gasteiger partial charge in [0.1, 0.15) is 0 Å². The standard InChI is InChI=1S/C26H29N3/c1-2-29(26-16-8-12-22-10-4-6-14-24(22)26)20-19-27-17-18-28-25-15-7-11-21-9-3-5-13-23(21)25/h3-16,27-28H,2,17-20H2,1H3. The molecule has 0 aliphatic rings. The molecule has 29 heavy (non-hydrogen) atoms. The lowest BCUT2D eigenvalue weighted by Gasteiger charge is -2.25. The summed E-state index contributed by atoms with van der Waals surface area (Å²) in [5.74, 6) is 0. The van der Waals surface area contributed by atoms with Gasteiger partial charge in [0.25, 0.3) is 0 Å². The maximum Gasteiger partial charge on any atom is 0.0446 e. The summed E-state index contributed by atoms with van der Waals surface area (Å²) in [5, 5.41) is 12.3. The van der Waals surface area contributed by atoms with Crippen LogP contribution in [0.5, 0.6) is 0 Å². The molecule has 4 aromatic carbocycles. The lowest BCUT2D eigenvalue weighted by Crippen LogP contribution is -2.34. The number of anilines is 2. The normalized spacial score (nSPS) is 11.1. The number of rotatable bonds is 9. The first kappa shape index (κ1) is 19.3. The molecule has 4 rings (SSSR count). The van der Waals surface area contributed by atoms with E-state index >= 15 is 0 Å². The molecule has 0 aromatic heterocycles. The second-order valence-electron chi connectivity index (χ2n) is 7.28. The van der Waals surface area contributed by atoms with Gasteiger partial charge in [-0.15, -0.1) is 0 Å². The molecular weight excluding hydrogens is 354 g/mol. The summed E-state index contributed by atoms with van der Waals surface area (Å²) < 4.78 is 0. The topological polar surface area (TPSA) is 27.3 Å². The van der Waals surface area contributed by atoms with Crippen molar-refractivity contribution in [3.05, 3.63) is 84.9 Å². The molecule has 0 aliphatic heterocycles. The zero-order valence-electron chi connectivity index (χ0n) is 17.1. The van der Waals surface area contributed by atoms with Gasteiger partial charge in [-0.05, 0) is 29.8 Å². The van der Waals surface area contributed by atoms with Crippen molar-refractivity contribution in [1.29, 1.82) is 0 Å². The summed E-state index contributed by atoms with van der Waals surface area (Å²) in [5.41, 5.74) is 2.53.